The van der Waals surface area contributed by atoms with Crippen LogP contribution in [-0.2, 0) is 6.54 Å². The van der Waals surface area contributed by atoms with Gasteiger partial charge in [-0.25, -0.2) is 0 Å². The highest BCUT2D eigenvalue weighted by atomic mass is 79.9. The van der Waals surface area contributed by atoms with Crippen molar-refractivity contribution < 1.29 is 5.11 Å². The summed E-state index contributed by atoms with van der Waals surface area (Å²) in [4.78, 5) is 2.54. The highest BCUT2D eigenvalue weighted by molar-refractivity contribution is 9.09. The lowest BCUT2D eigenvalue weighted by atomic mass is 10.1. The molecule has 0 saturated carbocycles. The molecule has 1 N–H and O–H groups in total. The van der Waals surface area contributed by atoms with E-state index in [1.165, 1.54) is 37.8 Å². The highest BCUT2D eigenvalue weighted by Crippen LogP contribution is 2.21. The van der Waals surface area contributed by atoms with Crippen molar-refractivity contribution >= 4 is 15.9 Å². The number of benzene rings is 1. The quantitative estimate of drug-likeness (QED) is 0.863. The van der Waals surface area contributed by atoms with E-state index < -0.39 is 0 Å². The number of alkyl halides is 1. The third-order valence-corrected chi connectivity index (χ3v) is 4.22. The number of rotatable bonds is 3. The van der Waals surface area contributed by atoms with Gasteiger partial charge in [0.25, 0.3) is 0 Å². The average molecular weight is 298 g/mol. The number of nitrogens with zero attached hydrogens (tertiary/aromatic N) is 1. The number of hydrogen-bond donors (Lipinski definition) is 1. The second-order valence-corrected chi connectivity index (χ2v) is 5.45. The van der Waals surface area contributed by atoms with Gasteiger partial charge in [0, 0.05) is 17.9 Å². The maximum absolute atomic E-state index is 9.49. The summed E-state index contributed by atoms with van der Waals surface area (Å²) in [5, 5.41) is 10.5. The fourth-order valence-corrected chi connectivity index (χ4v) is 3.24. The molecule has 2 nitrogen and oxygen atoms in total. The van der Waals surface area contributed by atoms with E-state index in [1.54, 1.807) is 6.07 Å². The molecule has 1 aliphatic heterocycles. The zero-order chi connectivity index (χ0) is 12.1. The highest BCUT2D eigenvalue weighted by Gasteiger charge is 2.19. The van der Waals surface area contributed by atoms with Gasteiger partial charge < -0.3 is 5.11 Å². The van der Waals surface area contributed by atoms with Crippen LogP contribution in [0.4, 0.5) is 0 Å². The molecule has 1 aromatic carbocycles. The van der Waals surface area contributed by atoms with Gasteiger partial charge in [-0.1, -0.05) is 40.9 Å². The maximum atomic E-state index is 9.49. The predicted octanol–water partition coefficient (Wildman–Crippen LogP) is 3.53. The van der Waals surface area contributed by atoms with Gasteiger partial charge >= 0.3 is 0 Å². The van der Waals surface area contributed by atoms with Crippen molar-refractivity contribution in [3.05, 3.63) is 29.8 Å². The predicted molar refractivity (Wildman–Crippen MR) is 74.6 cm³/mol. The Kier molecular flexibility index (Phi) is 4.86. The molecule has 0 spiro atoms. The Labute approximate surface area is 112 Å². The number of phenols is 1. The number of halogens is 1. The summed E-state index contributed by atoms with van der Waals surface area (Å²) >= 11 is 3.62. The normalized spacial score (nSPS) is 22.3. The summed E-state index contributed by atoms with van der Waals surface area (Å²) in [6.45, 7) is 2.12. The molecule has 1 aromatic rings. The molecular weight excluding hydrogens is 278 g/mol. The van der Waals surface area contributed by atoms with Gasteiger partial charge in [-0.2, -0.15) is 0 Å². The van der Waals surface area contributed by atoms with Crippen molar-refractivity contribution in [3.8, 4) is 5.75 Å². The Morgan fingerprint density at radius 3 is 2.94 bits per heavy atom. The van der Waals surface area contributed by atoms with E-state index in [0.29, 0.717) is 11.8 Å². The maximum Gasteiger partial charge on any atom is 0.115 e. The minimum absolute atomic E-state index is 0.368. The largest absolute Gasteiger partial charge is 0.508 e. The van der Waals surface area contributed by atoms with Crippen LogP contribution in [0, 0.1) is 0 Å². The Bertz CT molecular complexity index is 356. The fraction of sp³-hybridized carbons (Fsp3) is 0.571. The molecule has 0 bridgehead atoms. The molecule has 0 amide bonds. The van der Waals surface area contributed by atoms with Gasteiger partial charge in [0.2, 0.25) is 0 Å². The molecule has 0 radical (unpaired) electrons. The molecule has 1 fully saturated rings. The van der Waals surface area contributed by atoms with Crippen LogP contribution in [0.3, 0.4) is 0 Å². The lowest BCUT2D eigenvalue weighted by Crippen LogP contribution is -2.35. The molecule has 2 rings (SSSR count). The van der Waals surface area contributed by atoms with Crippen LogP contribution >= 0.6 is 15.9 Å². The second kappa shape index (κ2) is 6.41. The lowest BCUT2D eigenvalue weighted by Gasteiger charge is -2.28. The van der Waals surface area contributed by atoms with Crippen molar-refractivity contribution in [1.29, 1.82) is 0 Å². The van der Waals surface area contributed by atoms with Crippen LogP contribution in [0.5, 0.6) is 5.75 Å². The van der Waals surface area contributed by atoms with Crippen molar-refractivity contribution in [2.45, 2.75) is 38.3 Å². The first-order valence-corrected chi connectivity index (χ1v) is 7.49. The van der Waals surface area contributed by atoms with Gasteiger partial charge in [0.05, 0.1) is 0 Å². The first kappa shape index (κ1) is 12.9. The summed E-state index contributed by atoms with van der Waals surface area (Å²) in [7, 11) is 0. The number of phenolic OH excluding ortho intramolecular Hbond substituents is 1. The smallest absolute Gasteiger partial charge is 0.115 e. The van der Waals surface area contributed by atoms with E-state index in [0.717, 1.165) is 11.9 Å². The van der Waals surface area contributed by atoms with Gasteiger partial charge in [-0.15, -0.1) is 0 Å². The number of aromatic hydroxyl groups is 1. The third-order valence-electron chi connectivity index (χ3n) is 3.47. The molecule has 3 heteroatoms. The zero-order valence-corrected chi connectivity index (χ0v) is 11.7. The SMILES string of the molecule is Oc1cccc(CN2CCCCCC2CBr)c1. The average Bonchev–Trinajstić information content (AvgIpc) is 2.54. The van der Waals surface area contributed by atoms with Crippen molar-refractivity contribution in [2.75, 3.05) is 11.9 Å². The lowest BCUT2D eigenvalue weighted by molar-refractivity contribution is 0.209. The van der Waals surface area contributed by atoms with Crippen LogP contribution in [0.15, 0.2) is 24.3 Å². The minimum Gasteiger partial charge on any atom is -0.508 e. The van der Waals surface area contributed by atoms with Crippen molar-refractivity contribution in [3.63, 3.8) is 0 Å². The number of likely N-dealkylation sites (tertiary alicyclic amines) is 1. The van der Waals surface area contributed by atoms with Crippen LogP contribution in [0.2, 0.25) is 0 Å². The molecular formula is C14H20BrNO. The molecule has 1 heterocycles. The summed E-state index contributed by atoms with van der Waals surface area (Å²) in [6.07, 6.45) is 5.26. The summed E-state index contributed by atoms with van der Waals surface area (Å²) in [5.41, 5.74) is 1.21. The van der Waals surface area contributed by atoms with Gasteiger partial charge in [0.15, 0.2) is 0 Å². The van der Waals surface area contributed by atoms with Gasteiger partial charge in [-0.05, 0) is 37.1 Å². The third kappa shape index (κ3) is 3.71. The topological polar surface area (TPSA) is 23.5 Å². The molecule has 1 unspecified atom stereocenters. The monoisotopic (exact) mass is 297 g/mol. The summed E-state index contributed by atoms with van der Waals surface area (Å²) in [5.74, 6) is 0.368. The molecule has 17 heavy (non-hydrogen) atoms. The van der Waals surface area contributed by atoms with E-state index in [2.05, 4.69) is 26.9 Å². The van der Waals surface area contributed by atoms with E-state index in [4.69, 9.17) is 0 Å². The van der Waals surface area contributed by atoms with Crippen LogP contribution in [0.25, 0.3) is 0 Å². The Balaban J connectivity index is 2.04. The van der Waals surface area contributed by atoms with Crippen molar-refractivity contribution in [1.82, 2.24) is 4.90 Å². The Hall–Kier alpha value is -0.540. The Morgan fingerprint density at radius 1 is 1.29 bits per heavy atom. The van der Waals surface area contributed by atoms with E-state index in [9.17, 15) is 5.11 Å². The molecule has 0 aliphatic carbocycles. The standard InChI is InChI=1S/C14H20BrNO/c15-10-13-6-2-1-3-8-16(13)11-12-5-4-7-14(17)9-12/h4-5,7,9,13,17H,1-3,6,8,10-11H2. The molecule has 0 aromatic heterocycles. The fourth-order valence-electron chi connectivity index (χ4n) is 2.51. The molecule has 1 saturated heterocycles. The second-order valence-electron chi connectivity index (χ2n) is 4.80. The molecule has 1 atom stereocenters. The molecule has 94 valence electrons. The summed E-state index contributed by atoms with van der Waals surface area (Å²) < 4.78 is 0. The Morgan fingerprint density at radius 2 is 2.18 bits per heavy atom. The van der Waals surface area contributed by atoms with E-state index in [1.807, 2.05) is 12.1 Å². The van der Waals surface area contributed by atoms with Crippen LogP contribution in [-0.4, -0.2) is 27.9 Å². The molecule has 1 aliphatic rings. The first-order chi connectivity index (χ1) is 8.29. The minimum atomic E-state index is 0.368. The van der Waals surface area contributed by atoms with Crippen molar-refractivity contribution in [2.24, 2.45) is 0 Å². The van der Waals surface area contributed by atoms with E-state index >= 15 is 0 Å². The van der Waals surface area contributed by atoms with Crippen LogP contribution in [0.1, 0.15) is 31.2 Å². The zero-order valence-electron chi connectivity index (χ0n) is 10.1. The van der Waals surface area contributed by atoms with E-state index in [-0.39, 0.29) is 0 Å². The first-order valence-electron chi connectivity index (χ1n) is 6.37. The van der Waals surface area contributed by atoms with Gasteiger partial charge in [-0.3, -0.25) is 4.90 Å². The van der Waals surface area contributed by atoms with Gasteiger partial charge in [0.1, 0.15) is 5.75 Å². The summed E-state index contributed by atoms with van der Waals surface area (Å²) in [6, 6.07) is 8.26. The van der Waals surface area contributed by atoms with Crippen LogP contribution < -0.4 is 0 Å². The number of hydrogen-bond acceptors (Lipinski definition) is 2.